The van der Waals surface area contributed by atoms with Crippen LogP contribution in [-0.2, 0) is 14.3 Å². The van der Waals surface area contributed by atoms with Gasteiger partial charge in [0.1, 0.15) is 12.1 Å². The maximum absolute atomic E-state index is 14.7. The van der Waals surface area contributed by atoms with Crippen LogP contribution >= 0.6 is 23.2 Å². The van der Waals surface area contributed by atoms with Gasteiger partial charge in [-0.25, -0.2) is 14.5 Å². The first-order chi connectivity index (χ1) is 22.6. The van der Waals surface area contributed by atoms with E-state index in [2.05, 4.69) is 12.2 Å². The van der Waals surface area contributed by atoms with E-state index in [9.17, 15) is 19.2 Å². The lowest BCUT2D eigenvalue weighted by atomic mass is 9.95. The highest BCUT2D eigenvalue weighted by Crippen LogP contribution is 2.55. The van der Waals surface area contributed by atoms with Crippen LogP contribution in [0.4, 0.5) is 16.2 Å². The molecule has 4 unspecified atom stereocenters. The fourth-order valence-corrected chi connectivity index (χ4v) is 7.61. The van der Waals surface area contributed by atoms with Crippen LogP contribution in [-0.4, -0.2) is 82.4 Å². The zero-order valence-corrected chi connectivity index (χ0v) is 29.1. The Morgan fingerprint density at radius 1 is 1.04 bits per heavy atom. The molecule has 1 N–H and O–H groups in total. The summed E-state index contributed by atoms with van der Waals surface area (Å²) >= 11 is 12.8. The fourth-order valence-electron chi connectivity index (χ4n) is 7.26. The number of rotatable bonds is 15. The first-order valence-corrected chi connectivity index (χ1v) is 17.3. The number of methoxy groups -OCH3 is 1. The lowest BCUT2D eigenvalue weighted by Gasteiger charge is -2.34. The number of amidine groups is 1. The highest BCUT2D eigenvalue weighted by atomic mass is 35.5. The number of unbranched alkanes of at least 4 members (excludes halogenated alkanes) is 7. The molecule has 0 aliphatic carbocycles. The number of nitrogens with one attached hydrogen (secondary N) is 1. The second-order valence-electron chi connectivity index (χ2n) is 12.8. The van der Waals surface area contributed by atoms with Gasteiger partial charge in [0.05, 0.1) is 16.4 Å². The minimum absolute atomic E-state index is 0.127. The van der Waals surface area contributed by atoms with E-state index in [0.717, 1.165) is 35.5 Å². The molecule has 0 aromatic heterocycles. The van der Waals surface area contributed by atoms with E-state index in [0.29, 0.717) is 34.9 Å². The van der Waals surface area contributed by atoms with Crippen molar-refractivity contribution >= 4 is 64.2 Å². The van der Waals surface area contributed by atoms with Crippen molar-refractivity contribution in [2.75, 3.05) is 26.0 Å². The highest BCUT2D eigenvalue weighted by Gasteiger charge is 2.78. The normalized spacial score (nSPS) is 24.1. The number of benzene rings is 2. The summed E-state index contributed by atoms with van der Waals surface area (Å²) in [5, 5.41) is 3.48. The molecule has 2 aromatic rings. The van der Waals surface area contributed by atoms with Crippen LogP contribution in [0, 0.1) is 0 Å². The molecule has 12 heteroatoms. The molecule has 2 fully saturated rings. The van der Waals surface area contributed by atoms with E-state index in [1.807, 2.05) is 6.92 Å². The van der Waals surface area contributed by atoms with Gasteiger partial charge in [-0.05, 0) is 36.8 Å². The molecule has 1 spiro atoms. The summed E-state index contributed by atoms with van der Waals surface area (Å²) in [5.74, 6) is -1.56. The number of carbonyl (C=O) groups excluding carboxylic acids is 4. The Morgan fingerprint density at radius 2 is 1.72 bits per heavy atom. The van der Waals surface area contributed by atoms with E-state index in [1.54, 1.807) is 42.5 Å². The quantitative estimate of drug-likeness (QED) is 0.0901. The molecule has 252 valence electrons. The van der Waals surface area contributed by atoms with Crippen LogP contribution < -0.4 is 5.32 Å². The van der Waals surface area contributed by atoms with Crippen molar-refractivity contribution < 1.29 is 28.4 Å². The smallest absolute Gasteiger partial charge is 0.353 e. The molecule has 2 saturated heterocycles. The van der Waals surface area contributed by atoms with E-state index in [1.165, 1.54) is 46.3 Å². The number of fused-ring (bicyclic) bond motifs is 1. The largest absolute Gasteiger partial charge is 0.355 e. The van der Waals surface area contributed by atoms with Gasteiger partial charge in [-0.15, -0.1) is 0 Å². The standard InChI is InChI=1S/C35H43Cl2N5O5/c1-5-7-8-9-10-11-12-15-20-35(6-2)22-42(35)29(38-26-19-18-23(36)21-24(26)33(42)45)28(30(43)39-27-17-14-13-16-25(27)37)41-31(44)32(47-4)40(3)34(41)46/h13-14,16-19,21,28,32H,5-12,15,20,22H2,1-4H3/p+1. The van der Waals surface area contributed by atoms with Crippen molar-refractivity contribution in [3.63, 3.8) is 0 Å². The maximum atomic E-state index is 14.7. The maximum Gasteiger partial charge on any atom is 0.355 e. The minimum Gasteiger partial charge on any atom is -0.353 e. The van der Waals surface area contributed by atoms with Crippen LogP contribution in [0.5, 0.6) is 0 Å². The summed E-state index contributed by atoms with van der Waals surface area (Å²) < 4.78 is 5.10. The highest BCUT2D eigenvalue weighted by molar-refractivity contribution is 6.34. The van der Waals surface area contributed by atoms with Gasteiger partial charge in [0.25, 0.3) is 11.8 Å². The molecule has 47 heavy (non-hydrogen) atoms. The Morgan fingerprint density at radius 3 is 2.36 bits per heavy atom. The van der Waals surface area contributed by atoms with Gasteiger partial charge >= 0.3 is 11.9 Å². The summed E-state index contributed by atoms with van der Waals surface area (Å²) in [6.07, 6.45) is 9.25. The fraction of sp³-hybridized carbons (Fsp3) is 0.514. The number of nitrogens with zero attached hydrogens (tertiary/aromatic N) is 4. The Bertz CT molecular complexity index is 1580. The van der Waals surface area contributed by atoms with Gasteiger partial charge in [-0.3, -0.25) is 14.5 Å². The van der Waals surface area contributed by atoms with Crippen molar-refractivity contribution in [3.05, 3.63) is 58.1 Å². The summed E-state index contributed by atoms with van der Waals surface area (Å²) in [5.41, 5.74) is 0.407. The van der Waals surface area contributed by atoms with Crippen molar-refractivity contribution in [1.82, 2.24) is 9.80 Å². The first-order valence-electron chi connectivity index (χ1n) is 16.6. The monoisotopic (exact) mass is 684 g/mol. The Hall–Kier alpha value is -3.31. The molecule has 4 atom stereocenters. The van der Waals surface area contributed by atoms with Crippen LogP contribution in [0.1, 0.15) is 88.4 Å². The second kappa shape index (κ2) is 14.4. The van der Waals surface area contributed by atoms with Crippen molar-refractivity contribution in [2.24, 2.45) is 4.99 Å². The molecule has 5 amide bonds. The molecule has 3 aliphatic rings. The number of hydrogen-bond donors (Lipinski definition) is 1. The van der Waals surface area contributed by atoms with Gasteiger partial charge in [-0.1, -0.05) is 94.1 Å². The third-order valence-corrected chi connectivity index (χ3v) is 10.5. The van der Waals surface area contributed by atoms with Crippen LogP contribution in [0.3, 0.4) is 0 Å². The number of urea groups is 1. The number of carbonyl (C=O) groups is 4. The van der Waals surface area contributed by atoms with Gasteiger partial charge in [0.2, 0.25) is 18.1 Å². The van der Waals surface area contributed by atoms with Crippen LogP contribution in [0.25, 0.3) is 0 Å². The Balaban J connectivity index is 1.57. The Kier molecular flexibility index (Phi) is 10.8. The molecule has 0 bridgehead atoms. The molecule has 3 heterocycles. The van der Waals surface area contributed by atoms with E-state index in [4.69, 9.17) is 32.9 Å². The van der Waals surface area contributed by atoms with Crippen molar-refractivity contribution in [1.29, 1.82) is 0 Å². The lowest BCUT2D eigenvalue weighted by molar-refractivity contribution is -0.647. The average molecular weight is 686 g/mol. The third-order valence-electron chi connectivity index (χ3n) is 9.97. The molecule has 10 nitrogen and oxygen atoms in total. The number of amides is 5. The zero-order chi connectivity index (χ0) is 33.9. The molecule has 0 saturated carbocycles. The van der Waals surface area contributed by atoms with E-state index in [-0.39, 0.29) is 21.2 Å². The summed E-state index contributed by atoms with van der Waals surface area (Å²) in [6, 6.07) is 9.25. The van der Waals surface area contributed by atoms with Crippen molar-refractivity contribution in [2.45, 2.75) is 95.9 Å². The SMILES string of the molecule is CCCCCCCCCCC1(CC)C[N+]12C(=O)c1cc(Cl)ccc1N=C2C(C(=O)Nc1ccccc1Cl)N1C(=O)C(OC)N(C)C1=O. The molecule has 2 aromatic carbocycles. The first kappa shape index (κ1) is 35.0. The number of ether oxygens (including phenoxy) is 1. The molecular weight excluding hydrogens is 641 g/mol. The second-order valence-corrected chi connectivity index (χ2v) is 13.6. The topological polar surface area (TPSA) is 108 Å². The van der Waals surface area contributed by atoms with Crippen LogP contribution in [0.15, 0.2) is 47.5 Å². The number of aliphatic imine (C=N–C) groups is 1. The third kappa shape index (κ3) is 6.33. The van der Waals surface area contributed by atoms with Gasteiger partial charge in [0, 0.05) is 32.0 Å². The van der Waals surface area contributed by atoms with Gasteiger partial charge in [0.15, 0.2) is 5.54 Å². The van der Waals surface area contributed by atoms with Gasteiger partial charge < -0.3 is 10.1 Å². The molecule has 0 radical (unpaired) electrons. The average Bonchev–Trinajstić information content (AvgIpc) is 3.67. The number of anilines is 1. The number of hydrogen-bond acceptors (Lipinski definition) is 6. The molecule has 3 aliphatic heterocycles. The number of para-hydroxylation sites is 1. The number of likely N-dealkylation sites (N-methyl/N-ethyl adjacent to an activating group) is 1. The lowest BCUT2D eigenvalue weighted by Crippen LogP contribution is -2.62. The molecular formula is C35H44Cl2N5O5+. The van der Waals surface area contributed by atoms with Gasteiger partial charge in [-0.2, -0.15) is 9.48 Å². The number of imide groups is 1. The number of halogens is 2. The molecule has 5 rings (SSSR count). The minimum atomic E-state index is -1.56. The summed E-state index contributed by atoms with van der Waals surface area (Å²) in [7, 11) is 2.75. The van der Waals surface area contributed by atoms with E-state index < -0.39 is 35.7 Å². The van der Waals surface area contributed by atoms with Crippen molar-refractivity contribution in [3.8, 4) is 0 Å². The predicted octanol–water partition coefficient (Wildman–Crippen LogP) is 7.56. The zero-order valence-electron chi connectivity index (χ0n) is 27.6. The predicted molar refractivity (Wildman–Crippen MR) is 183 cm³/mol. The Labute approximate surface area is 286 Å². The summed E-state index contributed by atoms with van der Waals surface area (Å²) in [6.45, 7) is 4.63. The van der Waals surface area contributed by atoms with E-state index >= 15 is 0 Å². The number of quaternary nitrogens is 1. The summed E-state index contributed by atoms with van der Waals surface area (Å²) in [4.78, 5) is 63.7. The van der Waals surface area contributed by atoms with Crippen LogP contribution in [0.2, 0.25) is 10.0 Å².